The Balaban J connectivity index is 2.43. The first kappa shape index (κ1) is 12.4. The van der Waals surface area contributed by atoms with Crippen molar-refractivity contribution in [3.63, 3.8) is 0 Å². The van der Waals surface area contributed by atoms with Gasteiger partial charge in [0.25, 0.3) is 0 Å². The molecule has 0 aliphatic carbocycles. The number of thioether (sulfide) groups is 1. The van der Waals surface area contributed by atoms with Gasteiger partial charge in [0.2, 0.25) is 5.91 Å². The van der Waals surface area contributed by atoms with Crippen LogP contribution in [0.1, 0.15) is 6.92 Å². The van der Waals surface area contributed by atoms with Crippen molar-refractivity contribution in [3.8, 4) is 0 Å². The average molecular weight is 289 g/mol. The summed E-state index contributed by atoms with van der Waals surface area (Å²) in [6.07, 6.45) is 0. The third-order valence-electron chi connectivity index (χ3n) is 1.71. The number of hydrogen-bond donors (Lipinski definition) is 2. The molecule has 0 saturated carbocycles. The maximum Gasteiger partial charge on any atom is 0.216 e. The number of hydrogen-bond acceptors (Lipinski definition) is 3. The molecular weight excluding hydrogens is 276 g/mol. The molecule has 1 rings (SSSR count). The molecule has 0 fully saturated rings. The smallest absolute Gasteiger partial charge is 0.216 e. The van der Waals surface area contributed by atoms with Crippen LogP contribution in [0.3, 0.4) is 0 Å². The second-order valence-electron chi connectivity index (χ2n) is 3.01. The van der Waals surface area contributed by atoms with Crippen molar-refractivity contribution in [3.05, 3.63) is 22.7 Å². The number of nitrogens with two attached hydrogens (primary N) is 1. The Morgan fingerprint density at radius 2 is 2.33 bits per heavy atom. The van der Waals surface area contributed by atoms with Gasteiger partial charge in [0.15, 0.2) is 0 Å². The molecule has 0 saturated heterocycles. The first-order valence-corrected chi connectivity index (χ1v) is 6.29. The number of halogens is 1. The van der Waals surface area contributed by atoms with Crippen LogP contribution in [0.15, 0.2) is 27.6 Å². The van der Waals surface area contributed by atoms with Gasteiger partial charge in [-0.3, -0.25) is 4.79 Å². The fraction of sp³-hybridized carbons (Fsp3) is 0.300. The predicted octanol–water partition coefficient (Wildman–Crippen LogP) is 2.26. The van der Waals surface area contributed by atoms with E-state index in [4.69, 9.17) is 5.73 Å². The summed E-state index contributed by atoms with van der Waals surface area (Å²) in [5.41, 5.74) is 6.57. The molecule has 0 spiro atoms. The third-order valence-corrected chi connectivity index (χ3v) is 3.28. The molecular formula is C10H13BrN2OS. The maximum atomic E-state index is 10.6. The Bertz CT molecular complexity index is 357. The van der Waals surface area contributed by atoms with E-state index in [-0.39, 0.29) is 5.91 Å². The van der Waals surface area contributed by atoms with Gasteiger partial charge in [-0.25, -0.2) is 0 Å². The molecule has 82 valence electrons. The summed E-state index contributed by atoms with van der Waals surface area (Å²) in [5.74, 6) is 0.818. The van der Waals surface area contributed by atoms with E-state index in [0.29, 0.717) is 6.54 Å². The maximum absolute atomic E-state index is 10.6. The Hall–Kier alpha value is -0.680. The number of nitrogen functional groups attached to an aromatic ring is 1. The Morgan fingerprint density at radius 1 is 1.60 bits per heavy atom. The molecule has 15 heavy (non-hydrogen) atoms. The second kappa shape index (κ2) is 6.02. The normalized spacial score (nSPS) is 10.0. The van der Waals surface area contributed by atoms with Crippen LogP contribution in [0.2, 0.25) is 0 Å². The standard InChI is InChI=1S/C10H13BrN2OS/c1-7(14)13-4-5-15-10-6-8(11)2-3-9(10)12/h2-3,6H,4-5,12H2,1H3,(H,13,14). The molecule has 0 aliphatic rings. The average Bonchev–Trinajstić information content (AvgIpc) is 2.17. The molecule has 1 amide bonds. The van der Waals surface area contributed by atoms with E-state index in [1.165, 1.54) is 6.92 Å². The molecule has 0 aliphatic heterocycles. The first-order chi connectivity index (χ1) is 7.09. The number of amides is 1. The molecule has 0 radical (unpaired) electrons. The number of benzene rings is 1. The topological polar surface area (TPSA) is 55.1 Å². The van der Waals surface area contributed by atoms with Crippen molar-refractivity contribution < 1.29 is 4.79 Å². The summed E-state index contributed by atoms with van der Waals surface area (Å²) in [6.45, 7) is 2.17. The van der Waals surface area contributed by atoms with Crippen LogP contribution in [0.5, 0.6) is 0 Å². The Morgan fingerprint density at radius 3 is 3.00 bits per heavy atom. The zero-order valence-corrected chi connectivity index (χ0v) is 10.8. The van der Waals surface area contributed by atoms with E-state index in [1.54, 1.807) is 11.8 Å². The lowest BCUT2D eigenvalue weighted by atomic mass is 10.3. The molecule has 3 nitrogen and oxygen atoms in total. The molecule has 0 heterocycles. The number of rotatable bonds is 4. The highest BCUT2D eigenvalue weighted by Gasteiger charge is 2.00. The summed E-state index contributed by atoms with van der Waals surface area (Å²) in [7, 11) is 0. The van der Waals surface area contributed by atoms with Gasteiger partial charge in [-0.05, 0) is 18.2 Å². The number of nitrogens with one attached hydrogen (secondary N) is 1. The molecule has 0 aromatic heterocycles. The van der Waals surface area contributed by atoms with Crippen LogP contribution in [0, 0.1) is 0 Å². The monoisotopic (exact) mass is 288 g/mol. The zero-order valence-electron chi connectivity index (χ0n) is 8.42. The SMILES string of the molecule is CC(=O)NCCSc1cc(Br)ccc1N. The Kier molecular flexibility index (Phi) is 4.98. The van der Waals surface area contributed by atoms with Gasteiger partial charge < -0.3 is 11.1 Å². The summed E-state index contributed by atoms with van der Waals surface area (Å²) in [6, 6.07) is 5.76. The molecule has 1 aromatic carbocycles. The van der Waals surface area contributed by atoms with Gasteiger partial charge in [0, 0.05) is 34.3 Å². The lowest BCUT2D eigenvalue weighted by Crippen LogP contribution is -2.22. The van der Waals surface area contributed by atoms with Crippen LogP contribution in [-0.4, -0.2) is 18.2 Å². The second-order valence-corrected chi connectivity index (χ2v) is 5.07. The number of anilines is 1. The quantitative estimate of drug-likeness (QED) is 0.508. The van der Waals surface area contributed by atoms with Gasteiger partial charge in [0.05, 0.1) is 0 Å². The first-order valence-electron chi connectivity index (χ1n) is 4.52. The van der Waals surface area contributed by atoms with Crippen LogP contribution in [0.4, 0.5) is 5.69 Å². The summed E-state index contributed by atoms with van der Waals surface area (Å²) in [5, 5.41) is 2.74. The minimum atomic E-state index is -0.00202. The van der Waals surface area contributed by atoms with E-state index in [1.807, 2.05) is 18.2 Å². The van der Waals surface area contributed by atoms with Crippen molar-refractivity contribution >= 4 is 39.3 Å². The van der Waals surface area contributed by atoms with Crippen LogP contribution in [-0.2, 0) is 4.79 Å². The number of carbonyl (C=O) groups is 1. The Labute approximate surface area is 102 Å². The minimum Gasteiger partial charge on any atom is -0.398 e. The molecule has 0 unspecified atom stereocenters. The highest BCUT2D eigenvalue weighted by molar-refractivity contribution is 9.10. The van der Waals surface area contributed by atoms with Crippen molar-refractivity contribution in [2.45, 2.75) is 11.8 Å². The molecule has 3 N–H and O–H groups in total. The van der Waals surface area contributed by atoms with Crippen LogP contribution < -0.4 is 11.1 Å². The van der Waals surface area contributed by atoms with E-state index in [0.717, 1.165) is 20.8 Å². The van der Waals surface area contributed by atoms with E-state index >= 15 is 0 Å². The van der Waals surface area contributed by atoms with Gasteiger partial charge >= 0.3 is 0 Å². The lowest BCUT2D eigenvalue weighted by molar-refractivity contribution is -0.118. The van der Waals surface area contributed by atoms with E-state index in [9.17, 15) is 4.79 Å². The molecule has 0 atom stereocenters. The van der Waals surface area contributed by atoms with Gasteiger partial charge in [-0.2, -0.15) is 0 Å². The highest BCUT2D eigenvalue weighted by atomic mass is 79.9. The summed E-state index contributed by atoms with van der Waals surface area (Å²) < 4.78 is 1.01. The highest BCUT2D eigenvalue weighted by Crippen LogP contribution is 2.27. The molecule has 5 heteroatoms. The lowest BCUT2D eigenvalue weighted by Gasteiger charge is -2.06. The van der Waals surface area contributed by atoms with Crippen molar-refractivity contribution in [1.29, 1.82) is 0 Å². The van der Waals surface area contributed by atoms with Crippen LogP contribution in [0.25, 0.3) is 0 Å². The van der Waals surface area contributed by atoms with Gasteiger partial charge in [-0.1, -0.05) is 15.9 Å². The van der Waals surface area contributed by atoms with E-state index < -0.39 is 0 Å². The summed E-state index contributed by atoms with van der Waals surface area (Å²) in [4.78, 5) is 11.7. The van der Waals surface area contributed by atoms with Crippen molar-refractivity contribution in [1.82, 2.24) is 5.32 Å². The zero-order chi connectivity index (χ0) is 11.3. The molecule has 0 bridgehead atoms. The van der Waals surface area contributed by atoms with Crippen LogP contribution >= 0.6 is 27.7 Å². The predicted molar refractivity (Wildman–Crippen MR) is 68.0 cm³/mol. The van der Waals surface area contributed by atoms with Crippen molar-refractivity contribution in [2.24, 2.45) is 0 Å². The third kappa shape index (κ3) is 4.57. The van der Waals surface area contributed by atoms with Gasteiger partial charge in [-0.15, -0.1) is 11.8 Å². The van der Waals surface area contributed by atoms with Crippen molar-refractivity contribution in [2.75, 3.05) is 18.0 Å². The fourth-order valence-electron chi connectivity index (χ4n) is 1.02. The van der Waals surface area contributed by atoms with E-state index in [2.05, 4.69) is 21.2 Å². The minimum absolute atomic E-state index is 0.00202. The number of carbonyl (C=O) groups excluding carboxylic acids is 1. The summed E-state index contributed by atoms with van der Waals surface area (Å²) >= 11 is 5.02. The molecule has 1 aromatic rings. The van der Waals surface area contributed by atoms with Gasteiger partial charge in [0.1, 0.15) is 0 Å². The fourth-order valence-corrected chi connectivity index (χ4v) is 2.40. The largest absolute Gasteiger partial charge is 0.398 e.